The summed E-state index contributed by atoms with van der Waals surface area (Å²) in [7, 11) is -4.08. The highest BCUT2D eigenvalue weighted by Gasteiger charge is 2.17. The summed E-state index contributed by atoms with van der Waals surface area (Å²) in [5.74, 6) is 0. The Bertz CT molecular complexity index is 577. The van der Waals surface area contributed by atoms with Gasteiger partial charge < -0.3 is 4.74 Å². The summed E-state index contributed by atoms with van der Waals surface area (Å²) in [6.07, 6.45) is -1.48. The number of hydrogen-bond acceptors (Lipinski definition) is 4. The van der Waals surface area contributed by atoms with Gasteiger partial charge in [-0.2, -0.15) is 8.42 Å². The maximum absolute atomic E-state index is 11.7. The van der Waals surface area contributed by atoms with Gasteiger partial charge in [0.1, 0.15) is 0 Å². The van der Waals surface area contributed by atoms with Crippen molar-refractivity contribution in [3.63, 3.8) is 0 Å². The number of carbonyl (C=O) groups is 1. The first kappa shape index (κ1) is 16.1. The molecule has 0 saturated carbocycles. The summed E-state index contributed by atoms with van der Waals surface area (Å²) in [6, 6.07) is 4.56. The topological polar surface area (TPSA) is 84.5 Å². The van der Waals surface area contributed by atoms with Gasteiger partial charge in [0.2, 0.25) is 0 Å². The van der Waals surface area contributed by atoms with Gasteiger partial charge in [-0.15, -0.1) is 0 Å². The Morgan fingerprint density at radius 3 is 2.63 bits per heavy atom. The van der Waals surface area contributed by atoms with E-state index < -0.39 is 22.4 Å². The Labute approximate surface area is 124 Å². The third kappa shape index (κ3) is 5.66. The Kier molecular flexibility index (Phi) is 5.45. The number of benzene rings is 1. The lowest BCUT2D eigenvalue weighted by molar-refractivity contribution is 0.121. The third-order valence-corrected chi connectivity index (χ3v) is 3.58. The van der Waals surface area contributed by atoms with Crippen molar-refractivity contribution in [2.45, 2.75) is 20.0 Å². The highest BCUT2D eigenvalue weighted by Crippen LogP contribution is 2.26. The number of anilines is 1. The van der Waals surface area contributed by atoms with Crippen molar-refractivity contribution in [3.05, 3.63) is 27.7 Å². The first-order valence-electron chi connectivity index (χ1n) is 5.16. The molecule has 0 atom stereocenters. The summed E-state index contributed by atoms with van der Waals surface area (Å²) in [4.78, 5) is 11.2. The highest BCUT2D eigenvalue weighted by atomic mass is 79.9. The summed E-state index contributed by atoms with van der Waals surface area (Å²) < 4.78 is 32.4. The molecule has 1 amide bonds. The van der Waals surface area contributed by atoms with E-state index in [1.165, 1.54) is 6.07 Å². The molecule has 0 aromatic heterocycles. The van der Waals surface area contributed by atoms with Crippen molar-refractivity contribution in [3.8, 4) is 0 Å². The van der Waals surface area contributed by atoms with Gasteiger partial charge in [0.15, 0.2) is 0 Å². The summed E-state index contributed by atoms with van der Waals surface area (Å²) in [6.45, 7) is 3.21. The molecule has 1 aromatic rings. The lowest BCUT2D eigenvalue weighted by Crippen LogP contribution is -2.36. The van der Waals surface area contributed by atoms with E-state index in [9.17, 15) is 13.2 Å². The minimum absolute atomic E-state index is 0.206. The fourth-order valence-electron chi connectivity index (χ4n) is 1.09. The summed E-state index contributed by atoms with van der Waals surface area (Å²) >= 11 is 8.91. The minimum Gasteiger partial charge on any atom is -0.446 e. The van der Waals surface area contributed by atoms with Crippen LogP contribution in [0.15, 0.2) is 22.7 Å². The predicted molar refractivity (Wildman–Crippen MR) is 76.4 cm³/mol. The standard InChI is InChI=1S/C10H12BrClN2O4S/c1-6(2)18-10(15)14-19(16,17)13-9-5-7(12)3-4-8(9)11/h3-6,13H,1-2H3,(H,14,15). The van der Waals surface area contributed by atoms with E-state index in [4.69, 9.17) is 11.6 Å². The van der Waals surface area contributed by atoms with Gasteiger partial charge in [-0.25, -0.2) is 9.52 Å². The molecule has 6 nitrogen and oxygen atoms in total. The quantitative estimate of drug-likeness (QED) is 0.852. The Morgan fingerprint density at radius 2 is 2.05 bits per heavy atom. The van der Waals surface area contributed by atoms with Crippen LogP contribution in [0.5, 0.6) is 0 Å². The number of carbonyl (C=O) groups excluding carboxylic acids is 1. The van der Waals surface area contributed by atoms with Gasteiger partial charge in [0.05, 0.1) is 11.8 Å². The molecule has 2 N–H and O–H groups in total. The second-order valence-corrected chi connectivity index (χ2v) is 6.49. The Hall–Kier alpha value is -0.990. The number of ether oxygens (including phenoxy) is 1. The molecule has 106 valence electrons. The van der Waals surface area contributed by atoms with Crippen LogP contribution in [0.3, 0.4) is 0 Å². The first-order valence-corrected chi connectivity index (χ1v) is 7.81. The summed E-state index contributed by atoms with van der Waals surface area (Å²) in [5.41, 5.74) is 0.206. The van der Waals surface area contributed by atoms with Gasteiger partial charge in [-0.1, -0.05) is 11.6 Å². The molecule has 1 aromatic carbocycles. The molecule has 0 heterocycles. The zero-order valence-corrected chi connectivity index (χ0v) is 13.3. The van der Waals surface area contributed by atoms with E-state index in [0.717, 1.165) is 0 Å². The first-order chi connectivity index (χ1) is 8.69. The van der Waals surface area contributed by atoms with Crippen LogP contribution in [0.4, 0.5) is 10.5 Å². The van der Waals surface area contributed by atoms with Crippen molar-refractivity contribution >= 4 is 49.5 Å². The molecule has 0 aliphatic rings. The van der Waals surface area contributed by atoms with Crippen molar-refractivity contribution in [2.24, 2.45) is 0 Å². The fourth-order valence-corrected chi connectivity index (χ4v) is 2.52. The molecule has 0 radical (unpaired) electrons. The third-order valence-electron chi connectivity index (χ3n) is 1.73. The van der Waals surface area contributed by atoms with Crippen molar-refractivity contribution in [1.29, 1.82) is 0 Å². The van der Waals surface area contributed by atoms with Gasteiger partial charge in [0.25, 0.3) is 0 Å². The molecule has 1 rings (SSSR count). The molecule has 0 aliphatic carbocycles. The molecular formula is C10H12BrClN2O4S. The molecule has 9 heteroatoms. The molecule has 0 spiro atoms. The lowest BCUT2D eigenvalue weighted by atomic mass is 10.3. The molecule has 0 saturated heterocycles. The molecule has 0 unspecified atom stereocenters. The van der Waals surface area contributed by atoms with Crippen molar-refractivity contribution in [2.75, 3.05) is 4.72 Å². The predicted octanol–water partition coefficient (Wildman–Crippen LogP) is 2.89. The zero-order chi connectivity index (χ0) is 14.6. The van der Waals surface area contributed by atoms with Crippen LogP contribution < -0.4 is 9.44 Å². The summed E-state index contributed by atoms with van der Waals surface area (Å²) in [5, 5.41) is 0.352. The van der Waals surface area contributed by atoms with Crippen LogP contribution in [0.2, 0.25) is 5.02 Å². The average molecular weight is 372 g/mol. The van der Waals surface area contributed by atoms with Gasteiger partial charge in [-0.3, -0.25) is 4.72 Å². The van der Waals surface area contributed by atoms with Gasteiger partial charge >= 0.3 is 16.3 Å². The zero-order valence-electron chi connectivity index (χ0n) is 10.1. The lowest BCUT2D eigenvalue weighted by Gasteiger charge is -2.12. The van der Waals surface area contributed by atoms with Crippen molar-refractivity contribution < 1.29 is 17.9 Å². The smallest absolute Gasteiger partial charge is 0.422 e. The van der Waals surface area contributed by atoms with E-state index in [1.807, 2.05) is 0 Å². The number of hydrogen-bond donors (Lipinski definition) is 2. The molecule has 0 fully saturated rings. The normalized spacial score (nSPS) is 11.2. The number of rotatable bonds is 4. The molecule has 19 heavy (non-hydrogen) atoms. The maximum Gasteiger partial charge on any atom is 0.422 e. The molecule has 0 aliphatic heterocycles. The van der Waals surface area contributed by atoms with E-state index in [1.54, 1.807) is 30.7 Å². The van der Waals surface area contributed by atoms with E-state index in [-0.39, 0.29) is 5.69 Å². The van der Waals surface area contributed by atoms with E-state index >= 15 is 0 Å². The largest absolute Gasteiger partial charge is 0.446 e. The molecular weight excluding hydrogens is 360 g/mol. The number of halogens is 2. The van der Waals surface area contributed by atoms with E-state index in [2.05, 4.69) is 25.4 Å². The fraction of sp³-hybridized carbons (Fsp3) is 0.300. The van der Waals surface area contributed by atoms with Crippen LogP contribution >= 0.6 is 27.5 Å². The SMILES string of the molecule is CC(C)OC(=O)NS(=O)(=O)Nc1cc(Cl)ccc1Br. The minimum atomic E-state index is -4.08. The number of nitrogens with one attached hydrogen (secondary N) is 2. The monoisotopic (exact) mass is 370 g/mol. The van der Waals surface area contributed by atoms with Crippen LogP contribution in [-0.2, 0) is 14.9 Å². The Morgan fingerprint density at radius 1 is 1.42 bits per heavy atom. The second kappa shape index (κ2) is 6.44. The second-order valence-electron chi connectivity index (χ2n) is 3.79. The van der Waals surface area contributed by atoms with Crippen molar-refractivity contribution in [1.82, 2.24) is 4.72 Å². The van der Waals surface area contributed by atoms with Crippen LogP contribution in [0, 0.1) is 0 Å². The Balaban J connectivity index is 2.80. The van der Waals surface area contributed by atoms with Gasteiger partial charge in [0, 0.05) is 9.50 Å². The van der Waals surface area contributed by atoms with Gasteiger partial charge in [-0.05, 0) is 48.0 Å². The maximum atomic E-state index is 11.7. The average Bonchev–Trinajstić information content (AvgIpc) is 2.20. The number of amides is 1. The van der Waals surface area contributed by atoms with Crippen LogP contribution in [0.1, 0.15) is 13.8 Å². The van der Waals surface area contributed by atoms with E-state index in [0.29, 0.717) is 9.50 Å². The molecule has 0 bridgehead atoms. The highest BCUT2D eigenvalue weighted by molar-refractivity contribution is 9.10. The van der Waals surface area contributed by atoms with Crippen LogP contribution in [-0.4, -0.2) is 20.6 Å². The van der Waals surface area contributed by atoms with Crippen LogP contribution in [0.25, 0.3) is 0 Å².